The number of rotatable bonds is 5. The van der Waals surface area contributed by atoms with Gasteiger partial charge in [0.1, 0.15) is 5.76 Å². The summed E-state index contributed by atoms with van der Waals surface area (Å²) in [6.07, 6.45) is 0. The number of benzene rings is 3. The summed E-state index contributed by atoms with van der Waals surface area (Å²) < 4.78 is 4.74. The van der Waals surface area contributed by atoms with Crippen LogP contribution in [-0.2, 0) is 14.3 Å². The van der Waals surface area contributed by atoms with Crippen molar-refractivity contribution in [1.82, 2.24) is 0 Å². The minimum absolute atomic E-state index is 0.0492. The van der Waals surface area contributed by atoms with Crippen molar-refractivity contribution in [2.24, 2.45) is 0 Å². The molecule has 1 aliphatic rings. The first-order valence-corrected chi connectivity index (χ1v) is 11.1. The fourth-order valence-corrected chi connectivity index (χ4v) is 4.23. The van der Waals surface area contributed by atoms with E-state index < -0.39 is 23.7 Å². The molecule has 3 aromatic rings. The first-order chi connectivity index (χ1) is 16.7. The molecule has 1 N–H and O–H groups in total. The van der Waals surface area contributed by atoms with Gasteiger partial charge in [0.05, 0.1) is 24.3 Å². The smallest absolute Gasteiger partial charge is 0.337 e. The fraction of sp³-hybridized carbons (Fsp3) is 0.148. The predicted molar refractivity (Wildman–Crippen MR) is 135 cm³/mol. The Balaban J connectivity index is 1.89. The van der Waals surface area contributed by atoms with Crippen molar-refractivity contribution in [3.8, 4) is 0 Å². The monoisotopic (exact) mass is 490 g/mol. The van der Waals surface area contributed by atoms with Crippen molar-refractivity contribution in [2.45, 2.75) is 6.04 Å². The zero-order chi connectivity index (χ0) is 25.3. The second kappa shape index (κ2) is 9.64. The maximum absolute atomic E-state index is 13.3. The van der Waals surface area contributed by atoms with E-state index in [1.807, 2.05) is 43.3 Å². The van der Waals surface area contributed by atoms with Crippen LogP contribution in [0.1, 0.15) is 27.5 Å². The molecule has 1 heterocycles. The van der Waals surface area contributed by atoms with Gasteiger partial charge >= 0.3 is 5.97 Å². The maximum atomic E-state index is 13.3. The molecule has 1 saturated heterocycles. The number of carbonyl (C=O) groups is 3. The second-order valence-electron chi connectivity index (χ2n) is 8.20. The van der Waals surface area contributed by atoms with Gasteiger partial charge in [-0.25, -0.2) is 4.79 Å². The number of nitrogens with zero attached hydrogens (tertiary/aromatic N) is 2. The molecule has 4 rings (SSSR count). The van der Waals surface area contributed by atoms with Crippen molar-refractivity contribution in [3.05, 3.63) is 100 Å². The van der Waals surface area contributed by atoms with Crippen LogP contribution in [0.25, 0.3) is 5.76 Å². The van der Waals surface area contributed by atoms with E-state index in [0.717, 1.165) is 5.69 Å². The lowest BCUT2D eigenvalue weighted by molar-refractivity contribution is -0.132. The quantitative estimate of drug-likeness (QED) is 0.239. The number of amides is 1. The Kier molecular flexibility index (Phi) is 6.62. The molecular weight excluding hydrogens is 468 g/mol. The lowest BCUT2D eigenvalue weighted by Crippen LogP contribution is -2.29. The van der Waals surface area contributed by atoms with Crippen molar-refractivity contribution in [3.63, 3.8) is 0 Å². The first kappa shape index (κ1) is 24.0. The molecule has 0 aliphatic carbocycles. The Hall–Kier alpha value is -4.10. The zero-order valence-electron chi connectivity index (χ0n) is 19.4. The third kappa shape index (κ3) is 4.50. The first-order valence-electron chi connectivity index (χ1n) is 10.8. The molecular formula is C27H23ClN2O5. The van der Waals surface area contributed by atoms with Crippen LogP contribution in [-0.4, -0.2) is 44.0 Å². The molecule has 0 radical (unpaired) electrons. The lowest BCUT2D eigenvalue weighted by Gasteiger charge is -2.26. The molecule has 1 amide bonds. The minimum Gasteiger partial charge on any atom is -0.507 e. The number of aliphatic hydroxyl groups excluding tert-OH is 1. The predicted octanol–water partition coefficient (Wildman–Crippen LogP) is 4.82. The van der Waals surface area contributed by atoms with Crippen molar-refractivity contribution in [2.75, 3.05) is 31.0 Å². The second-order valence-corrected chi connectivity index (χ2v) is 8.64. The summed E-state index contributed by atoms with van der Waals surface area (Å²) in [6.45, 7) is 0. The number of methoxy groups -OCH3 is 1. The number of hydrogen-bond acceptors (Lipinski definition) is 6. The molecule has 35 heavy (non-hydrogen) atoms. The van der Waals surface area contributed by atoms with Crippen molar-refractivity contribution in [1.29, 1.82) is 0 Å². The topological polar surface area (TPSA) is 87.1 Å². The highest BCUT2D eigenvalue weighted by Crippen LogP contribution is 2.42. The average molecular weight is 491 g/mol. The lowest BCUT2D eigenvalue weighted by atomic mass is 9.95. The number of carbonyl (C=O) groups excluding carboxylic acids is 3. The highest BCUT2D eigenvalue weighted by Gasteiger charge is 2.47. The average Bonchev–Trinajstić information content (AvgIpc) is 3.13. The number of hydrogen-bond donors (Lipinski definition) is 1. The normalized spacial score (nSPS) is 16.9. The summed E-state index contributed by atoms with van der Waals surface area (Å²) in [5, 5.41) is 11.6. The maximum Gasteiger partial charge on any atom is 0.337 e. The Morgan fingerprint density at radius 2 is 1.63 bits per heavy atom. The van der Waals surface area contributed by atoms with Crippen molar-refractivity contribution >= 4 is 46.4 Å². The molecule has 1 unspecified atom stereocenters. The van der Waals surface area contributed by atoms with Crippen molar-refractivity contribution < 1.29 is 24.2 Å². The Morgan fingerprint density at radius 3 is 2.20 bits per heavy atom. The summed E-state index contributed by atoms with van der Waals surface area (Å²) in [5.41, 5.74) is 2.54. The van der Waals surface area contributed by atoms with Crippen LogP contribution < -0.4 is 9.80 Å². The molecule has 1 fully saturated rings. The van der Waals surface area contributed by atoms with Gasteiger partial charge in [-0.15, -0.1) is 0 Å². The van der Waals surface area contributed by atoms with Gasteiger partial charge in [-0.1, -0.05) is 35.9 Å². The summed E-state index contributed by atoms with van der Waals surface area (Å²) in [5.74, 6) is -2.45. The number of ether oxygens (including phenoxy) is 1. The summed E-state index contributed by atoms with van der Waals surface area (Å²) in [6, 6.07) is 19.1. The molecule has 1 atom stereocenters. The van der Waals surface area contributed by atoms with Gasteiger partial charge in [0.15, 0.2) is 0 Å². The number of ketones is 1. The standard InChI is InChI=1S/C27H23ClN2O5/c1-29(2)20-11-7-16(8-12-20)23-22(24(31)18-5-4-6-19(28)15-18)25(32)26(33)30(23)21-13-9-17(10-14-21)27(34)35-3/h4-15,23,31H,1-3H3/b24-22+. The third-order valence-electron chi connectivity index (χ3n) is 5.83. The van der Waals surface area contributed by atoms with Crippen LogP contribution in [0.15, 0.2) is 78.4 Å². The summed E-state index contributed by atoms with van der Waals surface area (Å²) in [4.78, 5) is 41.6. The van der Waals surface area contributed by atoms with Gasteiger partial charge in [-0.3, -0.25) is 14.5 Å². The molecule has 0 aromatic heterocycles. The van der Waals surface area contributed by atoms with E-state index in [1.54, 1.807) is 30.3 Å². The van der Waals surface area contributed by atoms with Crippen LogP contribution in [0.2, 0.25) is 5.02 Å². The van der Waals surface area contributed by atoms with Gasteiger partial charge in [0.25, 0.3) is 11.7 Å². The highest BCUT2D eigenvalue weighted by atomic mass is 35.5. The van der Waals surface area contributed by atoms with E-state index in [1.165, 1.54) is 30.2 Å². The van der Waals surface area contributed by atoms with E-state index in [9.17, 15) is 19.5 Å². The Labute approximate surface area is 207 Å². The minimum atomic E-state index is -0.894. The highest BCUT2D eigenvalue weighted by molar-refractivity contribution is 6.51. The number of esters is 1. The SMILES string of the molecule is COC(=O)c1ccc(N2C(=O)C(=O)/C(=C(/O)c3cccc(Cl)c3)C2c2ccc(N(C)C)cc2)cc1. The number of anilines is 2. The third-order valence-corrected chi connectivity index (χ3v) is 6.07. The molecule has 3 aromatic carbocycles. The molecule has 7 nitrogen and oxygen atoms in total. The molecule has 1 aliphatic heterocycles. The number of Topliss-reactive ketones (excluding diaryl/α,β-unsaturated/α-hetero) is 1. The molecule has 0 saturated carbocycles. The van der Waals surface area contributed by atoms with Gasteiger partial charge < -0.3 is 14.7 Å². The molecule has 0 spiro atoms. The molecule has 0 bridgehead atoms. The van der Waals surface area contributed by atoms with Crippen LogP contribution in [0.5, 0.6) is 0 Å². The van der Waals surface area contributed by atoms with Gasteiger partial charge in [-0.05, 0) is 54.1 Å². The van der Waals surface area contributed by atoms with E-state index in [-0.39, 0.29) is 11.3 Å². The zero-order valence-corrected chi connectivity index (χ0v) is 20.1. The van der Waals surface area contributed by atoms with Crippen LogP contribution in [0.3, 0.4) is 0 Å². The van der Waals surface area contributed by atoms with Crippen LogP contribution in [0, 0.1) is 0 Å². The number of aliphatic hydroxyl groups is 1. The number of halogens is 1. The Bertz CT molecular complexity index is 1330. The fourth-order valence-electron chi connectivity index (χ4n) is 4.04. The van der Waals surface area contributed by atoms with E-state index >= 15 is 0 Å². The van der Waals surface area contributed by atoms with E-state index in [2.05, 4.69) is 0 Å². The molecule has 178 valence electrons. The Morgan fingerprint density at radius 1 is 0.971 bits per heavy atom. The summed E-state index contributed by atoms with van der Waals surface area (Å²) in [7, 11) is 5.09. The summed E-state index contributed by atoms with van der Waals surface area (Å²) >= 11 is 6.10. The largest absolute Gasteiger partial charge is 0.507 e. The van der Waals surface area contributed by atoms with Crippen LogP contribution in [0.4, 0.5) is 11.4 Å². The van der Waals surface area contributed by atoms with E-state index in [0.29, 0.717) is 27.4 Å². The van der Waals surface area contributed by atoms with Gasteiger partial charge in [-0.2, -0.15) is 0 Å². The van der Waals surface area contributed by atoms with Gasteiger partial charge in [0.2, 0.25) is 0 Å². The van der Waals surface area contributed by atoms with Gasteiger partial charge in [0, 0.05) is 36.1 Å². The molecule has 8 heteroatoms. The van der Waals surface area contributed by atoms with E-state index in [4.69, 9.17) is 16.3 Å². The van der Waals surface area contributed by atoms with Crippen LogP contribution >= 0.6 is 11.6 Å².